The van der Waals surface area contributed by atoms with Gasteiger partial charge in [0.25, 0.3) is 0 Å². The van der Waals surface area contributed by atoms with Crippen LogP contribution in [0.3, 0.4) is 0 Å². The molecule has 0 spiro atoms. The number of ether oxygens (including phenoxy) is 1. The standard InChI is InChI=1S/C27H25Cl2N3O2S/c1-3-34-26(33)25-16(2)30-27(35-25)32-24(19-11-5-7-14-22(19)29)20-12-8-10-18(23(20)31-32)15-17-9-4-6-13-21(17)28/h4-7,9,11,13-15,20,24H,3,8,10,12H2,1-2H3/b18-15+/t20-,24+/m0/s1. The van der Waals surface area contributed by atoms with Crippen LogP contribution in [-0.4, -0.2) is 23.3 Å². The molecule has 0 amide bonds. The van der Waals surface area contributed by atoms with Gasteiger partial charge in [-0.05, 0) is 68.0 Å². The van der Waals surface area contributed by atoms with Gasteiger partial charge in [0.05, 0.1) is 24.1 Å². The summed E-state index contributed by atoms with van der Waals surface area (Å²) in [5.74, 6) is -0.209. The number of aromatic nitrogens is 1. The topological polar surface area (TPSA) is 54.8 Å². The van der Waals surface area contributed by atoms with Gasteiger partial charge in [-0.15, -0.1) is 0 Å². The van der Waals surface area contributed by atoms with Gasteiger partial charge < -0.3 is 4.74 Å². The zero-order valence-electron chi connectivity index (χ0n) is 19.5. The van der Waals surface area contributed by atoms with Crippen LogP contribution in [0.4, 0.5) is 5.13 Å². The monoisotopic (exact) mass is 525 g/mol. The molecule has 8 heteroatoms. The van der Waals surface area contributed by atoms with Gasteiger partial charge in [0, 0.05) is 16.0 Å². The summed E-state index contributed by atoms with van der Waals surface area (Å²) in [5, 5.41) is 9.15. The van der Waals surface area contributed by atoms with E-state index in [0.29, 0.717) is 27.3 Å². The Morgan fingerprint density at radius 1 is 1.17 bits per heavy atom. The van der Waals surface area contributed by atoms with Crippen molar-refractivity contribution in [3.05, 3.63) is 85.8 Å². The second kappa shape index (κ2) is 10.1. The number of esters is 1. The molecule has 3 aromatic rings. The molecule has 5 nitrogen and oxygen atoms in total. The quantitative estimate of drug-likeness (QED) is 0.319. The smallest absolute Gasteiger partial charge is 0.350 e. The Bertz CT molecular complexity index is 1330. The number of hydrogen-bond acceptors (Lipinski definition) is 6. The van der Waals surface area contributed by atoms with Crippen molar-refractivity contribution in [2.45, 2.75) is 39.2 Å². The normalized spacial score (nSPS) is 20.6. The highest BCUT2D eigenvalue weighted by Gasteiger charge is 2.44. The van der Waals surface area contributed by atoms with Crippen molar-refractivity contribution in [2.75, 3.05) is 11.6 Å². The third-order valence-electron chi connectivity index (χ3n) is 6.40. The number of benzene rings is 2. The van der Waals surface area contributed by atoms with Gasteiger partial charge in [-0.25, -0.2) is 14.8 Å². The molecule has 0 unspecified atom stereocenters. The Hall–Kier alpha value is -2.67. The van der Waals surface area contributed by atoms with Gasteiger partial charge in [-0.3, -0.25) is 0 Å². The summed E-state index contributed by atoms with van der Waals surface area (Å²) >= 11 is 14.5. The molecule has 0 bridgehead atoms. The van der Waals surface area contributed by atoms with E-state index >= 15 is 0 Å². The summed E-state index contributed by atoms with van der Waals surface area (Å²) in [5.41, 5.74) is 4.83. The Morgan fingerprint density at radius 3 is 2.66 bits per heavy atom. The van der Waals surface area contributed by atoms with E-state index in [9.17, 15) is 4.79 Å². The largest absolute Gasteiger partial charge is 0.462 e. The Morgan fingerprint density at radius 2 is 1.91 bits per heavy atom. The van der Waals surface area contributed by atoms with Gasteiger partial charge in [-0.1, -0.05) is 70.9 Å². The van der Waals surface area contributed by atoms with Gasteiger partial charge in [0.15, 0.2) is 0 Å². The molecule has 2 atom stereocenters. The summed E-state index contributed by atoms with van der Waals surface area (Å²) in [6.45, 7) is 3.94. The molecule has 1 aromatic heterocycles. The number of carbonyl (C=O) groups is 1. The van der Waals surface area contributed by atoms with Crippen LogP contribution >= 0.6 is 34.5 Å². The van der Waals surface area contributed by atoms with Gasteiger partial charge in [-0.2, -0.15) is 5.10 Å². The number of hydrogen-bond donors (Lipinski definition) is 0. The maximum absolute atomic E-state index is 12.5. The summed E-state index contributed by atoms with van der Waals surface area (Å²) in [7, 11) is 0. The molecule has 2 aromatic carbocycles. The fourth-order valence-corrected chi connectivity index (χ4v) is 6.21. The van der Waals surface area contributed by atoms with Crippen LogP contribution in [0.25, 0.3) is 6.08 Å². The van der Waals surface area contributed by atoms with E-state index in [1.54, 1.807) is 6.92 Å². The van der Waals surface area contributed by atoms with Crippen molar-refractivity contribution < 1.29 is 9.53 Å². The van der Waals surface area contributed by atoms with Crippen LogP contribution in [0.5, 0.6) is 0 Å². The maximum Gasteiger partial charge on any atom is 0.350 e. The van der Waals surface area contributed by atoms with Crippen molar-refractivity contribution in [1.82, 2.24) is 4.98 Å². The average Bonchev–Trinajstić information content (AvgIpc) is 3.42. The van der Waals surface area contributed by atoms with Crippen molar-refractivity contribution >= 4 is 57.4 Å². The Labute approximate surface area is 219 Å². The van der Waals surface area contributed by atoms with Gasteiger partial charge >= 0.3 is 5.97 Å². The van der Waals surface area contributed by atoms with Crippen LogP contribution < -0.4 is 5.01 Å². The molecule has 1 saturated carbocycles. The van der Waals surface area contributed by atoms with Crippen LogP contribution in [0.15, 0.2) is 59.2 Å². The molecule has 5 rings (SSSR count). The zero-order valence-corrected chi connectivity index (χ0v) is 21.8. The fraction of sp³-hybridized carbons (Fsp3) is 0.296. The van der Waals surface area contributed by atoms with E-state index in [-0.39, 0.29) is 17.9 Å². The van der Waals surface area contributed by atoms with Crippen molar-refractivity contribution in [3.63, 3.8) is 0 Å². The average molecular weight is 526 g/mol. The molecule has 2 heterocycles. The van der Waals surface area contributed by atoms with Crippen LogP contribution in [-0.2, 0) is 4.74 Å². The number of halogens is 2. The van der Waals surface area contributed by atoms with Crippen molar-refractivity contribution in [3.8, 4) is 0 Å². The minimum Gasteiger partial charge on any atom is -0.462 e. The molecule has 1 aliphatic carbocycles. The molecule has 0 radical (unpaired) electrons. The van der Waals surface area contributed by atoms with Crippen LogP contribution in [0.2, 0.25) is 10.0 Å². The number of anilines is 1. The molecule has 35 heavy (non-hydrogen) atoms. The number of nitrogens with zero attached hydrogens (tertiary/aromatic N) is 3. The van der Waals surface area contributed by atoms with E-state index in [2.05, 4.69) is 12.1 Å². The summed E-state index contributed by atoms with van der Waals surface area (Å²) in [6, 6.07) is 15.6. The number of rotatable bonds is 5. The third-order valence-corrected chi connectivity index (χ3v) is 8.22. The first-order chi connectivity index (χ1) is 17.0. The van der Waals surface area contributed by atoms with E-state index in [4.69, 9.17) is 38.0 Å². The van der Waals surface area contributed by atoms with E-state index in [1.165, 1.54) is 16.9 Å². The van der Waals surface area contributed by atoms with Gasteiger partial charge in [0.1, 0.15) is 4.88 Å². The van der Waals surface area contributed by atoms with E-state index in [0.717, 1.165) is 41.1 Å². The molecular weight excluding hydrogens is 501 g/mol. The second-order valence-corrected chi connectivity index (χ2v) is 10.4. The fourth-order valence-electron chi connectivity index (χ4n) is 4.83. The minimum absolute atomic E-state index is 0.116. The molecule has 1 aliphatic heterocycles. The number of allylic oxidation sites excluding steroid dienone is 1. The highest BCUT2D eigenvalue weighted by molar-refractivity contribution is 7.17. The third kappa shape index (κ3) is 4.63. The number of carbonyl (C=O) groups excluding carboxylic acids is 1. The first-order valence-corrected chi connectivity index (χ1v) is 13.3. The predicted molar refractivity (Wildman–Crippen MR) is 144 cm³/mol. The van der Waals surface area contributed by atoms with Crippen molar-refractivity contribution in [1.29, 1.82) is 0 Å². The molecule has 0 saturated heterocycles. The summed E-state index contributed by atoms with van der Waals surface area (Å²) < 4.78 is 5.24. The lowest BCUT2D eigenvalue weighted by Gasteiger charge is -2.30. The highest BCUT2D eigenvalue weighted by Crippen LogP contribution is 2.48. The lowest BCUT2D eigenvalue weighted by Crippen LogP contribution is -2.28. The van der Waals surface area contributed by atoms with Crippen molar-refractivity contribution in [2.24, 2.45) is 11.0 Å². The lowest BCUT2D eigenvalue weighted by atomic mass is 9.77. The number of hydrazone groups is 1. The first kappa shape index (κ1) is 24.0. The minimum atomic E-state index is -0.355. The van der Waals surface area contributed by atoms with Crippen LogP contribution in [0, 0.1) is 12.8 Å². The Balaban J connectivity index is 1.62. The number of thiazole rings is 1. The molecule has 2 aliphatic rings. The molecule has 1 fully saturated rings. The zero-order chi connectivity index (χ0) is 24.5. The van der Waals surface area contributed by atoms with Gasteiger partial charge in [0.2, 0.25) is 5.13 Å². The SMILES string of the molecule is CCOC(=O)c1sc(N2N=C3/C(=C/c4ccccc4Cl)CCC[C@@H]3[C@H]2c2ccccc2Cl)nc1C. The van der Waals surface area contributed by atoms with E-state index < -0.39 is 0 Å². The highest BCUT2D eigenvalue weighted by atomic mass is 35.5. The molecule has 0 N–H and O–H groups in total. The van der Waals surface area contributed by atoms with E-state index in [1.807, 2.05) is 54.4 Å². The first-order valence-electron chi connectivity index (χ1n) is 11.7. The number of aryl methyl sites for hydroxylation is 1. The lowest BCUT2D eigenvalue weighted by molar-refractivity contribution is 0.0531. The second-order valence-electron chi connectivity index (χ2n) is 8.62. The predicted octanol–water partition coefficient (Wildman–Crippen LogP) is 7.74. The summed E-state index contributed by atoms with van der Waals surface area (Å²) in [4.78, 5) is 17.7. The molecule has 180 valence electrons. The Kier molecular flexibility index (Phi) is 6.96. The molecular formula is C27H25Cl2N3O2S. The van der Waals surface area contributed by atoms with Crippen LogP contribution in [0.1, 0.15) is 58.7 Å². The number of fused-ring (bicyclic) bond motifs is 1. The maximum atomic E-state index is 12.5. The summed E-state index contributed by atoms with van der Waals surface area (Å²) in [6.07, 6.45) is 5.10.